The van der Waals surface area contributed by atoms with Gasteiger partial charge in [0.15, 0.2) is 0 Å². The van der Waals surface area contributed by atoms with Crippen LogP contribution in [0.15, 0.2) is 41.0 Å². The van der Waals surface area contributed by atoms with Crippen molar-refractivity contribution in [3.05, 3.63) is 42.3 Å². The molecule has 1 aromatic heterocycles. The maximum absolute atomic E-state index is 5.35. The van der Waals surface area contributed by atoms with Crippen molar-refractivity contribution in [2.75, 3.05) is 13.9 Å². The Morgan fingerprint density at radius 3 is 2.81 bits per heavy atom. The van der Waals surface area contributed by atoms with Crippen LogP contribution in [0.1, 0.15) is 5.69 Å². The van der Waals surface area contributed by atoms with Gasteiger partial charge in [-0.15, -0.1) is 0 Å². The van der Waals surface area contributed by atoms with Crippen LogP contribution in [0.3, 0.4) is 0 Å². The largest absolute Gasteiger partial charge is 0.444 e. The van der Waals surface area contributed by atoms with E-state index in [4.69, 9.17) is 13.9 Å². The van der Waals surface area contributed by atoms with Gasteiger partial charge in [0, 0.05) is 12.7 Å². The zero-order valence-corrected chi connectivity index (χ0v) is 9.05. The molecule has 0 aliphatic carbocycles. The van der Waals surface area contributed by atoms with E-state index < -0.39 is 0 Å². The molecule has 0 bridgehead atoms. The van der Waals surface area contributed by atoms with Gasteiger partial charge in [0.1, 0.15) is 18.8 Å². The quantitative estimate of drug-likeness (QED) is 0.572. The molecule has 0 amide bonds. The van der Waals surface area contributed by atoms with Crippen molar-refractivity contribution < 1.29 is 13.9 Å². The third kappa shape index (κ3) is 2.68. The van der Waals surface area contributed by atoms with E-state index in [9.17, 15) is 0 Å². The van der Waals surface area contributed by atoms with Gasteiger partial charge in [-0.25, -0.2) is 4.98 Å². The van der Waals surface area contributed by atoms with Crippen molar-refractivity contribution in [3.8, 4) is 11.5 Å². The summed E-state index contributed by atoms with van der Waals surface area (Å²) in [6.45, 7) is 0.650. The Labute approximate surface area is 93.8 Å². The van der Waals surface area contributed by atoms with Gasteiger partial charge < -0.3 is 13.9 Å². The number of rotatable bonds is 5. The average molecular weight is 219 g/mol. The van der Waals surface area contributed by atoms with Crippen LogP contribution in [0.4, 0.5) is 0 Å². The normalized spacial score (nSPS) is 10.6. The van der Waals surface area contributed by atoms with E-state index in [2.05, 4.69) is 4.98 Å². The average Bonchev–Trinajstić information content (AvgIpc) is 2.79. The lowest BCUT2D eigenvalue weighted by Gasteiger charge is -1.97. The number of hydrogen-bond donors (Lipinski definition) is 0. The van der Waals surface area contributed by atoms with Crippen molar-refractivity contribution >= 4 is 0 Å². The minimum absolute atomic E-state index is 0.257. The molecule has 0 aliphatic heterocycles. The molecule has 0 spiro atoms. The highest BCUT2D eigenvalue weighted by Gasteiger charge is 2.05. The molecule has 16 heavy (non-hydrogen) atoms. The number of hydrogen-bond acceptors (Lipinski definition) is 4. The number of benzene rings is 1. The fourth-order valence-corrected chi connectivity index (χ4v) is 1.32. The molecule has 4 heteroatoms. The molecule has 0 saturated carbocycles. The van der Waals surface area contributed by atoms with Crippen molar-refractivity contribution in [2.45, 2.75) is 6.61 Å². The molecule has 0 aliphatic rings. The molecule has 4 nitrogen and oxygen atoms in total. The molecular formula is C12H13NO3. The van der Waals surface area contributed by atoms with E-state index >= 15 is 0 Å². The summed E-state index contributed by atoms with van der Waals surface area (Å²) in [6, 6.07) is 9.74. The number of nitrogens with zero attached hydrogens (tertiary/aromatic N) is 1. The predicted molar refractivity (Wildman–Crippen MR) is 58.6 cm³/mol. The first-order valence-corrected chi connectivity index (χ1v) is 4.96. The van der Waals surface area contributed by atoms with Gasteiger partial charge in [-0.2, -0.15) is 0 Å². The first-order chi connectivity index (χ1) is 7.90. The third-order valence-corrected chi connectivity index (χ3v) is 2.02. The number of methoxy groups -OCH3 is 1. The third-order valence-electron chi connectivity index (χ3n) is 2.02. The molecule has 0 unspecified atom stereocenters. The Kier molecular flexibility index (Phi) is 3.69. The van der Waals surface area contributed by atoms with Crippen molar-refractivity contribution in [2.24, 2.45) is 0 Å². The lowest BCUT2D eigenvalue weighted by Crippen LogP contribution is -1.96. The highest BCUT2D eigenvalue weighted by molar-refractivity contribution is 5.52. The van der Waals surface area contributed by atoms with Gasteiger partial charge in [-0.3, -0.25) is 0 Å². The number of oxazole rings is 1. The molecule has 0 N–H and O–H groups in total. The highest BCUT2D eigenvalue weighted by atomic mass is 16.7. The lowest BCUT2D eigenvalue weighted by molar-refractivity contribution is -0.0401. The first-order valence-electron chi connectivity index (χ1n) is 4.96. The van der Waals surface area contributed by atoms with Gasteiger partial charge in [-0.05, 0) is 12.1 Å². The molecule has 0 atom stereocenters. The first kappa shape index (κ1) is 10.9. The maximum atomic E-state index is 5.35. The van der Waals surface area contributed by atoms with Crippen LogP contribution < -0.4 is 0 Å². The molecule has 2 rings (SSSR count). The van der Waals surface area contributed by atoms with Crippen molar-refractivity contribution in [1.29, 1.82) is 0 Å². The van der Waals surface area contributed by atoms with E-state index in [0.717, 1.165) is 11.3 Å². The van der Waals surface area contributed by atoms with Crippen molar-refractivity contribution in [1.82, 2.24) is 4.98 Å². The predicted octanol–water partition coefficient (Wildman–Crippen LogP) is 2.46. The molecule has 2 aromatic rings. The van der Waals surface area contributed by atoms with Crippen LogP contribution in [0.5, 0.6) is 0 Å². The zero-order valence-electron chi connectivity index (χ0n) is 9.05. The van der Waals surface area contributed by atoms with E-state index in [0.29, 0.717) is 12.5 Å². The SMILES string of the molecule is COCOCc1coc(-c2ccccc2)n1. The molecule has 0 fully saturated rings. The summed E-state index contributed by atoms with van der Waals surface area (Å²) in [7, 11) is 1.58. The van der Waals surface area contributed by atoms with Gasteiger partial charge in [0.25, 0.3) is 0 Å². The van der Waals surface area contributed by atoms with Crippen LogP contribution in [-0.4, -0.2) is 18.9 Å². The Morgan fingerprint density at radius 2 is 2.06 bits per heavy atom. The standard InChI is InChI=1S/C12H13NO3/c1-14-9-15-7-11-8-16-12(13-11)10-5-3-2-4-6-10/h2-6,8H,7,9H2,1H3. The molecule has 0 radical (unpaired) electrons. The second-order valence-electron chi connectivity index (χ2n) is 3.27. The Bertz CT molecular complexity index is 425. The fraction of sp³-hybridized carbons (Fsp3) is 0.250. The Morgan fingerprint density at radius 1 is 1.25 bits per heavy atom. The minimum atomic E-state index is 0.257. The summed E-state index contributed by atoms with van der Waals surface area (Å²) >= 11 is 0. The van der Waals surface area contributed by atoms with Crippen LogP contribution in [0.2, 0.25) is 0 Å². The molecule has 1 heterocycles. The van der Waals surface area contributed by atoms with Gasteiger partial charge in [0.2, 0.25) is 5.89 Å². The summed E-state index contributed by atoms with van der Waals surface area (Å²) in [5, 5.41) is 0. The van der Waals surface area contributed by atoms with Crippen LogP contribution in [0, 0.1) is 0 Å². The topological polar surface area (TPSA) is 44.5 Å². The van der Waals surface area contributed by atoms with Crippen LogP contribution in [0.25, 0.3) is 11.5 Å². The summed E-state index contributed by atoms with van der Waals surface area (Å²) in [6.07, 6.45) is 1.60. The second-order valence-corrected chi connectivity index (χ2v) is 3.27. The fourth-order valence-electron chi connectivity index (χ4n) is 1.32. The summed E-state index contributed by atoms with van der Waals surface area (Å²) in [5.41, 5.74) is 1.72. The Balaban J connectivity index is 2.02. The maximum Gasteiger partial charge on any atom is 0.226 e. The number of aromatic nitrogens is 1. The second kappa shape index (κ2) is 5.44. The van der Waals surface area contributed by atoms with E-state index in [1.54, 1.807) is 13.4 Å². The Hall–Kier alpha value is -1.65. The van der Waals surface area contributed by atoms with E-state index in [1.165, 1.54) is 0 Å². The van der Waals surface area contributed by atoms with E-state index in [1.807, 2.05) is 30.3 Å². The van der Waals surface area contributed by atoms with E-state index in [-0.39, 0.29) is 6.79 Å². The molecular weight excluding hydrogens is 206 g/mol. The highest BCUT2D eigenvalue weighted by Crippen LogP contribution is 2.17. The van der Waals surface area contributed by atoms with Gasteiger partial charge >= 0.3 is 0 Å². The molecule has 0 saturated heterocycles. The monoisotopic (exact) mass is 219 g/mol. The molecule has 1 aromatic carbocycles. The van der Waals surface area contributed by atoms with Gasteiger partial charge in [-0.1, -0.05) is 18.2 Å². The van der Waals surface area contributed by atoms with Crippen molar-refractivity contribution in [3.63, 3.8) is 0 Å². The number of ether oxygens (including phenoxy) is 2. The minimum Gasteiger partial charge on any atom is -0.444 e. The van der Waals surface area contributed by atoms with Crippen LogP contribution in [-0.2, 0) is 16.1 Å². The summed E-state index contributed by atoms with van der Waals surface area (Å²) in [4.78, 5) is 4.31. The molecule has 84 valence electrons. The summed E-state index contributed by atoms with van der Waals surface area (Å²) < 4.78 is 15.3. The summed E-state index contributed by atoms with van der Waals surface area (Å²) in [5.74, 6) is 0.608. The lowest BCUT2D eigenvalue weighted by atomic mass is 10.2. The van der Waals surface area contributed by atoms with Gasteiger partial charge in [0.05, 0.1) is 6.61 Å². The van der Waals surface area contributed by atoms with Crippen LogP contribution >= 0.6 is 0 Å². The smallest absolute Gasteiger partial charge is 0.226 e. The zero-order chi connectivity index (χ0) is 11.2.